The first kappa shape index (κ1) is 50.3. The van der Waals surface area contributed by atoms with Crippen LogP contribution in [-0.2, 0) is 53.2 Å². The van der Waals surface area contributed by atoms with E-state index in [1.807, 2.05) is 74.4 Å². The third-order valence-corrected chi connectivity index (χ3v) is 5.96. The maximum atomic E-state index is 12.1. The van der Waals surface area contributed by atoms with Crippen LogP contribution in [0.3, 0.4) is 0 Å². The maximum Gasteiger partial charge on any atom is 0.300 e. The fourth-order valence-corrected chi connectivity index (χ4v) is 3.55. The molecule has 0 spiro atoms. The van der Waals surface area contributed by atoms with Crippen molar-refractivity contribution >= 4 is 46.9 Å². The molecule has 0 unspecified atom stereocenters. The van der Waals surface area contributed by atoms with Crippen molar-refractivity contribution in [1.29, 1.82) is 0 Å². The summed E-state index contributed by atoms with van der Waals surface area (Å²) in [5.41, 5.74) is 9.11. The monoisotopic (exact) mass is 842 g/mol. The van der Waals surface area contributed by atoms with Crippen LogP contribution in [0.15, 0.2) is 108 Å². The van der Waals surface area contributed by atoms with Crippen LogP contribution in [0.25, 0.3) is 0 Å². The Morgan fingerprint density at radius 1 is 0.574 bits per heavy atom. The number of amides is 2. The minimum absolute atomic E-state index is 0. The molecule has 54 heavy (non-hydrogen) atoms. The number of hydrogen-bond donors (Lipinski definition) is 4. The average molecular weight is 844 g/mol. The van der Waals surface area contributed by atoms with E-state index in [4.69, 9.17) is 29.3 Å². The molecule has 2 aromatic heterocycles. The Labute approximate surface area is 335 Å². The van der Waals surface area contributed by atoms with Gasteiger partial charge in [0, 0.05) is 111 Å². The van der Waals surface area contributed by atoms with Crippen molar-refractivity contribution in [2.45, 2.75) is 13.8 Å². The molecule has 0 saturated carbocycles. The number of nitrogens with one attached hydrogen (secondary N) is 2. The molecule has 0 atom stereocenters. The molecule has 2 aromatic carbocycles. The van der Waals surface area contributed by atoms with Crippen molar-refractivity contribution in [3.05, 3.63) is 120 Å². The van der Waals surface area contributed by atoms with Crippen molar-refractivity contribution in [2.75, 3.05) is 52.2 Å². The SMILES string of the molecule is CC(=O)O.CC(=O)O.CO/C(=N\NC(=O)c1ccc(N(C)C)cc1)c1ccccn1.CO/C(=N\NC(=O)c1ccc(N(C)C)cc1)c1ccccn1.[Cu].[Cu]. The van der Waals surface area contributed by atoms with Gasteiger partial charge in [0.15, 0.2) is 0 Å². The fraction of sp³-hybridized carbons (Fsp3) is 0.222. The second-order valence-electron chi connectivity index (χ2n) is 10.5. The second-order valence-corrected chi connectivity index (χ2v) is 10.5. The van der Waals surface area contributed by atoms with E-state index < -0.39 is 11.9 Å². The summed E-state index contributed by atoms with van der Waals surface area (Å²) in [7, 11) is 10.7. The number of methoxy groups -OCH3 is 2. The summed E-state index contributed by atoms with van der Waals surface area (Å²) in [5, 5.41) is 22.8. The summed E-state index contributed by atoms with van der Waals surface area (Å²) in [6.07, 6.45) is 3.26. The van der Waals surface area contributed by atoms with Gasteiger partial charge in [0.1, 0.15) is 11.4 Å². The molecule has 4 N–H and O–H groups in total. The first-order valence-corrected chi connectivity index (χ1v) is 15.3. The van der Waals surface area contributed by atoms with Gasteiger partial charge in [-0.3, -0.25) is 29.1 Å². The molecular weight excluding hydrogens is 800 g/mol. The van der Waals surface area contributed by atoms with E-state index in [-0.39, 0.29) is 57.7 Å². The average Bonchev–Trinajstić information content (AvgIpc) is 3.12. The Hall–Kier alpha value is -5.80. The van der Waals surface area contributed by atoms with Gasteiger partial charge in [-0.05, 0) is 72.8 Å². The number of benzene rings is 2. The molecule has 18 heteroatoms. The number of ether oxygens (including phenoxy) is 2. The number of carboxylic acids is 2. The summed E-state index contributed by atoms with van der Waals surface area (Å²) in [4.78, 5) is 54.3. The molecule has 0 aliphatic carbocycles. The van der Waals surface area contributed by atoms with Gasteiger partial charge < -0.3 is 29.5 Å². The number of hydrogen-bond acceptors (Lipinski definition) is 12. The zero-order chi connectivity index (χ0) is 39.1. The summed E-state index contributed by atoms with van der Waals surface area (Å²) in [5.74, 6) is -1.79. The number of carbonyl (C=O) groups excluding carboxylic acids is 2. The van der Waals surface area contributed by atoms with Gasteiger partial charge in [-0.25, -0.2) is 10.9 Å². The Kier molecular flexibility index (Phi) is 25.9. The number of pyridine rings is 2. The van der Waals surface area contributed by atoms with Crippen LogP contribution in [-0.4, -0.2) is 98.1 Å². The number of rotatable bonds is 8. The Bertz CT molecular complexity index is 1620. The van der Waals surface area contributed by atoms with Crippen molar-refractivity contribution in [3.8, 4) is 0 Å². The molecule has 0 bridgehead atoms. The third kappa shape index (κ3) is 20.3. The fourth-order valence-electron chi connectivity index (χ4n) is 3.55. The van der Waals surface area contributed by atoms with E-state index in [0.29, 0.717) is 22.5 Å². The minimum Gasteiger partial charge on any atom is -0.481 e. The quantitative estimate of drug-likeness (QED) is 0.0861. The van der Waals surface area contributed by atoms with Gasteiger partial charge in [0.05, 0.1) is 14.2 Å². The van der Waals surface area contributed by atoms with Gasteiger partial charge in [-0.15, -0.1) is 10.2 Å². The maximum absolute atomic E-state index is 12.1. The number of nitrogens with zero attached hydrogens (tertiary/aromatic N) is 6. The van der Waals surface area contributed by atoms with Gasteiger partial charge in [0.25, 0.3) is 35.5 Å². The molecular formula is C36H44Cu2N8O8. The van der Waals surface area contributed by atoms with Crippen LogP contribution in [0.5, 0.6) is 0 Å². The standard InChI is InChI=1S/2C16H18N4O2.2C2H4O2.2Cu/c2*1-20(2)13-9-7-12(8-10-13)15(21)18-19-16(22-3)14-6-4-5-11-17-14;2*1-2(3)4;;/h2*4-11H,1-3H3,(H,18,21);2*1H3,(H,3,4);;/b2*19-16-;;;;. The normalized spacial score (nSPS) is 9.85. The van der Waals surface area contributed by atoms with Crippen molar-refractivity contribution < 1.29 is 73.0 Å². The van der Waals surface area contributed by atoms with Gasteiger partial charge in [0.2, 0.25) is 0 Å². The van der Waals surface area contributed by atoms with E-state index in [0.717, 1.165) is 25.2 Å². The third-order valence-electron chi connectivity index (χ3n) is 5.96. The van der Waals surface area contributed by atoms with Gasteiger partial charge >= 0.3 is 0 Å². The smallest absolute Gasteiger partial charge is 0.300 e. The molecule has 2 radical (unpaired) electrons. The number of aromatic nitrogens is 2. The molecule has 4 aromatic rings. The van der Waals surface area contributed by atoms with Crippen LogP contribution in [0, 0.1) is 0 Å². The van der Waals surface area contributed by atoms with E-state index in [9.17, 15) is 9.59 Å². The minimum atomic E-state index is -0.833. The molecule has 298 valence electrons. The zero-order valence-corrected chi connectivity index (χ0v) is 32.8. The van der Waals surface area contributed by atoms with Crippen LogP contribution in [0.2, 0.25) is 0 Å². The number of hydrazone groups is 2. The summed E-state index contributed by atoms with van der Waals surface area (Å²) in [6.45, 7) is 2.17. The van der Waals surface area contributed by atoms with E-state index in [2.05, 4.69) is 31.0 Å². The molecule has 2 amide bonds. The number of anilines is 2. The number of carbonyl (C=O) groups is 4. The Balaban J connectivity index is 0. The molecule has 0 aliphatic heterocycles. The van der Waals surface area contributed by atoms with Crippen LogP contribution >= 0.6 is 0 Å². The topological polar surface area (TPSA) is 208 Å². The molecule has 2 heterocycles. The summed E-state index contributed by atoms with van der Waals surface area (Å²) >= 11 is 0. The van der Waals surface area contributed by atoms with E-state index in [1.54, 1.807) is 60.9 Å². The van der Waals surface area contributed by atoms with Crippen LogP contribution in [0.4, 0.5) is 11.4 Å². The van der Waals surface area contributed by atoms with Gasteiger partial charge in [-0.2, -0.15) is 0 Å². The van der Waals surface area contributed by atoms with Crippen molar-refractivity contribution in [1.82, 2.24) is 20.8 Å². The van der Waals surface area contributed by atoms with E-state index >= 15 is 0 Å². The van der Waals surface area contributed by atoms with Crippen molar-refractivity contribution in [3.63, 3.8) is 0 Å². The zero-order valence-electron chi connectivity index (χ0n) is 30.9. The second kappa shape index (κ2) is 27.8. The van der Waals surface area contributed by atoms with Crippen LogP contribution < -0.4 is 20.7 Å². The van der Waals surface area contributed by atoms with E-state index in [1.165, 1.54) is 14.2 Å². The molecule has 0 fully saturated rings. The first-order valence-electron chi connectivity index (χ1n) is 15.3. The number of aliphatic carboxylic acids is 2. The van der Waals surface area contributed by atoms with Crippen molar-refractivity contribution in [2.24, 2.45) is 10.2 Å². The summed E-state index contributed by atoms with van der Waals surface area (Å²) < 4.78 is 10.3. The molecule has 4 rings (SSSR count). The first-order chi connectivity index (χ1) is 24.7. The Morgan fingerprint density at radius 2 is 0.870 bits per heavy atom. The Morgan fingerprint density at radius 3 is 1.09 bits per heavy atom. The van der Waals surface area contributed by atoms with Gasteiger partial charge in [-0.1, -0.05) is 12.1 Å². The summed E-state index contributed by atoms with van der Waals surface area (Å²) in [6, 6.07) is 25.2. The largest absolute Gasteiger partial charge is 0.481 e. The molecule has 0 saturated heterocycles. The predicted octanol–water partition coefficient (Wildman–Crippen LogP) is 3.95. The predicted molar refractivity (Wildman–Crippen MR) is 199 cm³/mol. The molecule has 16 nitrogen and oxygen atoms in total. The van der Waals surface area contributed by atoms with Crippen LogP contribution in [0.1, 0.15) is 46.0 Å². The molecule has 0 aliphatic rings. The number of carboxylic acid groups (broad SMARTS) is 2.